The fraction of sp³-hybridized carbons (Fsp3) is 0.552. The molecule has 0 N–H and O–H groups in total. The molecule has 1 aliphatic rings. The lowest BCUT2D eigenvalue weighted by Crippen LogP contribution is -2.15. The van der Waals surface area contributed by atoms with Gasteiger partial charge in [-0.25, -0.2) is 0 Å². The molecule has 0 atom stereocenters. The normalized spacial score (nSPS) is 14.5. The van der Waals surface area contributed by atoms with Gasteiger partial charge in [0.25, 0.3) is 0 Å². The molecule has 1 saturated carbocycles. The lowest BCUT2D eigenvalue weighted by Gasteiger charge is -2.21. The SMILES string of the molecule is CCCCCCCCCCOc1ccc(-c2ccc(OCC3CC[CH]CC3)cc2)cc1. The Morgan fingerprint density at radius 2 is 1.16 bits per heavy atom. The molecule has 0 aliphatic heterocycles. The van der Waals surface area contributed by atoms with Crippen LogP contribution in [0.4, 0.5) is 0 Å². The van der Waals surface area contributed by atoms with Crippen LogP contribution in [0.2, 0.25) is 0 Å². The summed E-state index contributed by atoms with van der Waals surface area (Å²) in [4.78, 5) is 0. The zero-order valence-corrected chi connectivity index (χ0v) is 19.5. The Bertz CT molecular complexity index is 699. The van der Waals surface area contributed by atoms with E-state index in [0.29, 0.717) is 5.92 Å². The Morgan fingerprint density at radius 1 is 0.645 bits per heavy atom. The maximum Gasteiger partial charge on any atom is 0.119 e. The molecule has 0 heterocycles. The maximum absolute atomic E-state index is 6.02. The van der Waals surface area contributed by atoms with Crippen LogP contribution in [0.15, 0.2) is 48.5 Å². The van der Waals surface area contributed by atoms with Crippen molar-refractivity contribution in [1.82, 2.24) is 0 Å². The van der Waals surface area contributed by atoms with E-state index in [9.17, 15) is 0 Å². The van der Waals surface area contributed by atoms with Gasteiger partial charge in [-0.3, -0.25) is 0 Å². The zero-order valence-electron chi connectivity index (χ0n) is 19.5. The predicted octanol–water partition coefficient (Wildman–Crippen LogP) is 8.65. The van der Waals surface area contributed by atoms with Gasteiger partial charge in [0.05, 0.1) is 13.2 Å². The van der Waals surface area contributed by atoms with Crippen molar-refractivity contribution < 1.29 is 9.47 Å². The first-order valence-corrected chi connectivity index (χ1v) is 12.6. The van der Waals surface area contributed by atoms with Gasteiger partial charge in [-0.2, -0.15) is 0 Å². The molecule has 1 radical (unpaired) electrons. The smallest absolute Gasteiger partial charge is 0.119 e. The molecule has 3 rings (SSSR count). The van der Waals surface area contributed by atoms with Gasteiger partial charge in [-0.15, -0.1) is 0 Å². The molecule has 0 aromatic heterocycles. The second kappa shape index (κ2) is 14.2. The van der Waals surface area contributed by atoms with Gasteiger partial charge in [-0.1, -0.05) is 76.1 Å². The van der Waals surface area contributed by atoms with Crippen LogP contribution in [-0.4, -0.2) is 13.2 Å². The van der Waals surface area contributed by atoms with Crippen LogP contribution in [-0.2, 0) is 0 Å². The molecule has 0 unspecified atom stereocenters. The first-order valence-electron chi connectivity index (χ1n) is 12.6. The van der Waals surface area contributed by atoms with Gasteiger partial charge < -0.3 is 9.47 Å². The Hall–Kier alpha value is -1.96. The summed E-state index contributed by atoms with van der Waals surface area (Å²) in [6.45, 7) is 3.94. The third-order valence-corrected chi connectivity index (χ3v) is 6.35. The van der Waals surface area contributed by atoms with Gasteiger partial charge in [0.1, 0.15) is 11.5 Å². The molecule has 2 aromatic carbocycles. The maximum atomic E-state index is 6.02. The van der Waals surface area contributed by atoms with Crippen LogP contribution in [0.1, 0.15) is 84.0 Å². The Kier molecular flexibility index (Phi) is 10.8. The van der Waals surface area contributed by atoms with Crippen LogP contribution < -0.4 is 9.47 Å². The summed E-state index contributed by atoms with van der Waals surface area (Å²) in [6, 6.07) is 17.0. The third-order valence-electron chi connectivity index (χ3n) is 6.35. The van der Waals surface area contributed by atoms with Gasteiger partial charge in [0.15, 0.2) is 0 Å². The second-order valence-electron chi connectivity index (χ2n) is 8.99. The fourth-order valence-electron chi connectivity index (χ4n) is 4.29. The van der Waals surface area contributed by atoms with E-state index in [1.54, 1.807) is 0 Å². The van der Waals surface area contributed by atoms with Crippen molar-refractivity contribution in [3.05, 3.63) is 55.0 Å². The van der Waals surface area contributed by atoms with E-state index in [1.165, 1.54) is 81.8 Å². The highest BCUT2D eigenvalue weighted by molar-refractivity contribution is 5.64. The molecule has 1 fully saturated rings. The monoisotopic (exact) mass is 421 g/mol. The standard InChI is InChI=1S/C29H41O2/c1-2-3-4-5-6-7-8-12-23-30-28-19-15-26(16-20-28)27-17-21-29(22-18-27)31-24-25-13-10-9-11-14-25/h9,15-22,25H,2-8,10-14,23-24H2,1H3. The van der Waals surface area contributed by atoms with Crippen LogP contribution in [0.5, 0.6) is 11.5 Å². The topological polar surface area (TPSA) is 18.5 Å². The zero-order chi connectivity index (χ0) is 21.6. The summed E-state index contributed by atoms with van der Waals surface area (Å²) >= 11 is 0. The number of unbranched alkanes of at least 4 members (excludes halogenated alkanes) is 7. The van der Waals surface area contributed by atoms with Crippen LogP contribution in [0.3, 0.4) is 0 Å². The Morgan fingerprint density at radius 3 is 1.74 bits per heavy atom. The molecular weight excluding hydrogens is 380 g/mol. The van der Waals surface area contributed by atoms with Crippen LogP contribution >= 0.6 is 0 Å². The number of hydrogen-bond acceptors (Lipinski definition) is 2. The summed E-state index contributed by atoms with van der Waals surface area (Å²) in [5.41, 5.74) is 2.43. The van der Waals surface area contributed by atoms with E-state index in [2.05, 4.69) is 61.9 Å². The molecule has 1 aliphatic carbocycles. The molecule has 0 saturated heterocycles. The summed E-state index contributed by atoms with van der Waals surface area (Å²) in [5.74, 6) is 2.66. The van der Waals surface area contributed by atoms with E-state index in [0.717, 1.165) is 31.1 Å². The third kappa shape index (κ3) is 8.97. The van der Waals surface area contributed by atoms with Crippen molar-refractivity contribution in [1.29, 1.82) is 0 Å². The first-order chi connectivity index (χ1) is 15.3. The number of hydrogen-bond donors (Lipinski definition) is 0. The molecule has 2 aromatic rings. The fourth-order valence-corrected chi connectivity index (χ4v) is 4.29. The summed E-state index contributed by atoms with van der Waals surface area (Å²) < 4.78 is 11.9. The van der Waals surface area contributed by atoms with Crippen molar-refractivity contribution in [2.75, 3.05) is 13.2 Å². The average molecular weight is 422 g/mol. The van der Waals surface area contributed by atoms with E-state index in [4.69, 9.17) is 9.47 Å². The van der Waals surface area contributed by atoms with Gasteiger partial charge in [0.2, 0.25) is 0 Å². The van der Waals surface area contributed by atoms with E-state index in [-0.39, 0.29) is 0 Å². The minimum atomic E-state index is 0.711. The number of ether oxygens (including phenoxy) is 2. The molecule has 169 valence electrons. The highest BCUT2D eigenvalue weighted by atomic mass is 16.5. The van der Waals surface area contributed by atoms with Crippen molar-refractivity contribution in [3.8, 4) is 22.6 Å². The molecule has 0 spiro atoms. The predicted molar refractivity (Wildman–Crippen MR) is 132 cm³/mol. The van der Waals surface area contributed by atoms with Gasteiger partial charge in [-0.05, 0) is 79.8 Å². The van der Waals surface area contributed by atoms with E-state index in [1.807, 2.05) is 0 Å². The Balaban J connectivity index is 1.33. The minimum Gasteiger partial charge on any atom is -0.494 e. The molecule has 2 heteroatoms. The minimum absolute atomic E-state index is 0.711. The lowest BCUT2D eigenvalue weighted by molar-refractivity contribution is 0.221. The molecule has 0 bridgehead atoms. The molecular formula is C29H41O2. The quantitative estimate of drug-likeness (QED) is 0.284. The molecule has 31 heavy (non-hydrogen) atoms. The number of rotatable bonds is 14. The van der Waals surface area contributed by atoms with Gasteiger partial charge in [0, 0.05) is 0 Å². The molecule has 0 amide bonds. The summed E-state index contributed by atoms with van der Waals surface area (Å²) in [7, 11) is 0. The summed E-state index contributed by atoms with van der Waals surface area (Å²) in [5, 5.41) is 0. The van der Waals surface area contributed by atoms with Crippen LogP contribution in [0, 0.1) is 12.3 Å². The van der Waals surface area contributed by atoms with Crippen molar-refractivity contribution in [2.24, 2.45) is 5.92 Å². The molecule has 2 nitrogen and oxygen atoms in total. The largest absolute Gasteiger partial charge is 0.494 e. The summed E-state index contributed by atoms with van der Waals surface area (Å²) in [6.07, 6.45) is 18.1. The highest BCUT2D eigenvalue weighted by Gasteiger charge is 2.14. The van der Waals surface area contributed by atoms with Crippen molar-refractivity contribution >= 4 is 0 Å². The van der Waals surface area contributed by atoms with Crippen LogP contribution in [0.25, 0.3) is 11.1 Å². The average Bonchev–Trinajstić information content (AvgIpc) is 2.83. The second-order valence-corrected chi connectivity index (χ2v) is 8.99. The van der Waals surface area contributed by atoms with E-state index >= 15 is 0 Å². The van der Waals surface area contributed by atoms with Gasteiger partial charge >= 0.3 is 0 Å². The highest BCUT2D eigenvalue weighted by Crippen LogP contribution is 2.27. The van der Waals surface area contributed by atoms with Crippen molar-refractivity contribution in [2.45, 2.75) is 84.0 Å². The number of benzene rings is 2. The van der Waals surface area contributed by atoms with E-state index < -0.39 is 0 Å². The van der Waals surface area contributed by atoms with Crippen molar-refractivity contribution in [3.63, 3.8) is 0 Å². The lowest BCUT2D eigenvalue weighted by atomic mass is 9.90. The first kappa shape index (κ1) is 23.7. The Labute approximate surface area is 190 Å².